The molecule has 0 radical (unpaired) electrons. The van der Waals surface area contributed by atoms with Crippen molar-refractivity contribution in [3.8, 4) is 23.1 Å². The SMILES string of the molecule is COc1c(C)cc(-c2[nH]cnc2C#N)c(C)c1C. The van der Waals surface area contributed by atoms with Crippen LogP contribution in [0.1, 0.15) is 22.4 Å². The molecule has 0 amide bonds. The lowest BCUT2D eigenvalue weighted by molar-refractivity contribution is 0.408. The van der Waals surface area contributed by atoms with Gasteiger partial charge in [-0.25, -0.2) is 4.98 Å². The number of imidazole rings is 1. The lowest BCUT2D eigenvalue weighted by Crippen LogP contribution is -1.97. The summed E-state index contributed by atoms with van der Waals surface area (Å²) in [5.74, 6) is 0.897. The van der Waals surface area contributed by atoms with Gasteiger partial charge in [-0.2, -0.15) is 5.26 Å². The van der Waals surface area contributed by atoms with Gasteiger partial charge in [-0.05, 0) is 43.5 Å². The summed E-state index contributed by atoms with van der Waals surface area (Å²) >= 11 is 0. The van der Waals surface area contributed by atoms with Gasteiger partial charge < -0.3 is 9.72 Å². The normalized spacial score (nSPS) is 10.2. The van der Waals surface area contributed by atoms with Crippen LogP contribution in [0.15, 0.2) is 12.4 Å². The van der Waals surface area contributed by atoms with E-state index in [0.29, 0.717) is 5.69 Å². The Balaban J connectivity index is 2.71. The van der Waals surface area contributed by atoms with Gasteiger partial charge in [-0.3, -0.25) is 0 Å². The van der Waals surface area contributed by atoms with E-state index in [9.17, 15) is 0 Å². The van der Waals surface area contributed by atoms with Crippen LogP contribution >= 0.6 is 0 Å². The second kappa shape index (κ2) is 4.53. The van der Waals surface area contributed by atoms with Crippen LogP contribution in [0, 0.1) is 32.1 Å². The molecular weight excluding hydrogens is 226 g/mol. The molecule has 1 aromatic heterocycles. The van der Waals surface area contributed by atoms with E-state index < -0.39 is 0 Å². The Labute approximate surface area is 106 Å². The van der Waals surface area contributed by atoms with Gasteiger partial charge in [0.15, 0.2) is 5.69 Å². The van der Waals surface area contributed by atoms with Crippen molar-refractivity contribution in [2.24, 2.45) is 0 Å². The minimum atomic E-state index is 0.419. The van der Waals surface area contributed by atoms with Crippen LogP contribution in [0.2, 0.25) is 0 Å². The Bertz CT molecular complexity index is 635. The van der Waals surface area contributed by atoms with Gasteiger partial charge in [-0.15, -0.1) is 0 Å². The van der Waals surface area contributed by atoms with Gasteiger partial charge in [-0.1, -0.05) is 0 Å². The van der Waals surface area contributed by atoms with Crippen LogP contribution in [-0.4, -0.2) is 17.1 Å². The average Bonchev–Trinajstić information content (AvgIpc) is 2.82. The Morgan fingerprint density at radius 2 is 2.00 bits per heavy atom. The molecule has 92 valence electrons. The summed E-state index contributed by atoms with van der Waals surface area (Å²) in [6.45, 7) is 6.04. The van der Waals surface area contributed by atoms with Crippen molar-refractivity contribution in [3.05, 3.63) is 34.8 Å². The number of hydrogen-bond acceptors (Lipinski definition) is 3. The van der Waals surface area contributed by atoms with Gasteiger partial charge in [0.05, 0.1) is 19.1 Å². The first-order chi connectivity index (χ1) is 8.60. The first-order valence-corrected chi connectivity index (χ1v) is 5.68. The molecule has 0 spiro atoms. The van der Waals surface area contributed by atoms with E-state index in [2.05, 4.69) is 16.0 Å². The van der Waals surface area contributed by atoms with E-state index in [1.807, 2.05) is 26.8 Å². The van der Waals surface area contributed by atoms with E-state index in [-0.39, 0.29) is 0 Å². The van der Waals surface area contributed by atoms with E-state index in [1.54, 1.807) is 13.4 Å². The highest BCUT2D eigenvalue weighted by molar-refractivity contribution is 5.72. The average molecular weight is 241 g/mol. The molecule has 4 nitrogen and oxygen atoms in total. The Kier molecular flexibility index (Phi) is 3.07. The number of aromatic amines is 1. The van der Waals surface area contributed by atoms with Gasteiger partial charge >= 0.3 is 0 Å². The highest BCUT2D eigenvalue weighted by atomic mass is 16.5. The van der Waals surface area contributed by atoms with Gasteiger partial charge in [0, 0.05) is 5.56 Å². The molecule has 1 aromatic carbocycles. The summed E-state index contributed by atoms with van der Waals surface area (Å²) < 4.78 is 5.39. The van der Waals surface area contributed by atoms with Crippen molar-refractivity contribution in [2.45, 2.75) is 20.8 Å². The first-order valence-electron chi connectivity index (χ1n) is 5.68. The maximum absolute atomic E-state index is 9.04. The third-order valence-electron chi connectivity index (χ3n) is 3.24. The summed E-state index contributed by atoms with van der Waals surface area (Å²) in [6.07, 6.45) is 1.54. The molecule has 2 rings (SSSR count). The molecule has 18 heavy (non-hydrogen) atoms. The zero-order valence-corrected chi connectivity index (χ0v) is 11.0. The number of ether oxygens (including phenoxy) is 1. The summed E-state index contributed by atoms with van der Waals surface area (Å²) in [5.41, 5.74) is 5.42. The molecule has 0 aliphatic heterocycles. The third kappa shape index (κ3) is 1.74. The third-order valence-corrected chi connectivity index (χ3v) is 3.24. The van der Waals surface area contributed by atoms with Crippen molar-refractivity contribution in [1.29, 1.82) is 5.26 Å². The Hall–Kier alpha value is -2.28. The molecule has 0 atom stereocenters. The minimum Gasteiger partial charge on any atom is -0.496 e. The largest absolute Gasteiger partial charge is 0.496 e. The summed E-state index contributed by atoms with van der Waals surface area (Å²) in [4.78, 5) is 7.04. The van der Waals surface area contributed by atoms with Crippen molar-refractivity contribution < 1.29 is 4.74 Å². The zero-order chi connectivity index (χ0) is 13.3. The van der Waals surface area contributed by atoms with Crippen LogP contribution in [0.4, 0.5) is 0 Å². The van der Waals surface area contributed by atoms with Crippen molar-refractivity contribution >= 4 is 0 Å². The Morgan fingerprint density at radius 3 is 2.61 bits per heavy atom. The highest BCUT2D eigenvalue weighted by Crippen LogP contribution is 2.34. The van der Waals surface area contributed by atoms with Crippen LogP contribution in [0.3, 0.4) is 0 Å². The fraction of sp³-hybridized carbons (Fsp3) is 0.286. The van der Waals surface area contributed by atoms with Gasteiger partial charge in [0.2, 0.25) is 0 Å². The van der Waals surface area contributed by atoms with E-state index in [1.165, 1.54) is 0 Å². The molecule has 0 fully saturated rings. The first kappa shape index (κ1) is 12.2. The number of H-pyrrole nitrogens is 1. The predicted molar refractivity (Wildman–Crippen MR) is 69.5 cm³/mol. The van der Waals surface area contributed by atoms with Crippen molar-refractivity contribution in [1.82, 2.24) is 9.97 Å². The standard InChI is InChI=1S/C14H15N3O/c1-8-5-11(9(2)10(3)14(8)18-4)13-12(6-15)16-7-17-13/h5,7H,1-4H3,(H,16,17). The summed E-state index contributed by atoms with van der Waals surface area (Å²) in [7, 11) is 1.67. The van der Waals surface area contributed by atoms with Crippen molar-refractivity contribution in [2.75, 3.05) is 7.11 Å². The molecule has 4 heteroatoms. The molecule has 0 aliphatic rings. The van der Waals surface area contributed by atoms with Crippen LogP contribution in [-0.2, 0) is 0 Å². The van der Waals surface area contributed by atoms with Crippen LogP contribution in [0.5, 0.6) is 5.75 Å². The second-order valence-corrected chi connectivity index (χ2v) is 4.26. The smallest absolute Gasteiger partial charge is 0.166 e. The topological polar surface area (TPSA) is 61.7 Å². The predicted octanol–water partition coefficient (Wildman–Crippen LogP) is 2.88. The number of nitriles is 1. The number of nitrogens with zero attached hydrogens (tertiary/aromatic N) is 2. The van der Waals surface area contributed by atoms with Gasteiger partial charge in [0.1, 0.15) is 11.8 Å². The van der Waals surface area contributed by atoms with Crippen LogP contribution in [0.25, 0.3) is 11.3 Å². The number of aryl methyl sites for hydroxylation is 1. The minimum absolute atomic E-state index is 0.419. The Morgan fingerprint density at radius 1 is 1.28 bits per heavy atom. The number of methoxy groups -OCH3 is 1. The fourth-order valence-corrected chi connectivity index (χ4v) is 2.22. The number of hydrogen-bond donors (Lipinski definition) is 1. The highest BCUT2D eigenvalue weighted by Gasteiger charge is 2.15. The van der Waals surface area contributed by atoms with Gasteiger partial charge in [0.25, 0.3) is 0 Å². The summed E-state index contributed by atoms with van der Waals surface area (Å²) in [6, 6.07) is 4.12. The van der Waals surface area contributed by atoms with E-state index in [4.69, 9.17) is 10.00 Å². The fourth-order valence-electron chi connectivity index (χ4n) is 2.22. The molecule has 0 saturated carbocycles. The monoisotopic (exact) mass is 241 g/mol. The molecule has 1 heterocycles. The maximum atomic E-state index is 9.04. The van der Waals surface area contributed by atoms with E-state index in [0.717, 1.165) is 33.7 Å². The van der Waals surface area contributed by atoms with Crippen molar-refractivity contribution in [3.63, 3.8) is 0 Å². The number of nitrogens with one attached hydrogen (secondary N) is 1. The molecule has 0 aliphatic carbocycles. The quantitative estimate of drug-likeness (QED) is 0.879. The lowest BCUT2D eigenvalue weighted by Gasteiger charge is -2.15. The number of rotatable bonds is 2. The maximum Gasteiger partial charge on any atom is 0.166 e. The lowest BCUT2D eigenvalue weighted by atomic mass is 9.96. The zero-order valence-electron chi connectivity index (χ0n) is 11.0. The van der Waals surface area contributed by atoms with E-state index >= 15 is 0 Å². The number of benzene rings is 1. The second-order valence-electron chi connectivity index (χ2n) is 4.26. The molecular formula is C14H15N3O. The molecule has 0 bridgehead atoms. The van der Waals surface area contributed by atoms with Crippen LogP contribution < -0.4 is 4.74 Å². The summed E-state index contributed by atoms with van der Waals surface area (Å²) in [5, 5.41) is 9.04. The number of aromatic nitrogens is 2. The molecule has 0 saturated heterocycles. The molecule has 2 aromatic rings. The molecule has 1 N–H and O–H groups in total. The molecule has 0 unspecified atom stereocenters.